The Kier molecular flexibility index (Phi) is 4.29. The molecule has 2 atom stereocenters. The van der Waals surface area contributed by atoms with Crippen LogP contribution in [0.1, 0.15) is 19.8 Å². The van der Waals surface area contributed by atoms with Gasteiger partial charge in [0.25, 0.3) is 0 Å². The maximum absolute atomic E-state index is 11.8. The molecule has 1 fully saturated rings. The van der Waals surface area contributed by atoms with Crippen LogP contribution in [0.5, 0.6) is 0 Å². The van der Waals surface area contributed by atoms with Crippen LogP contribution >= 0.6 is 0 Å². The van der Waals surface area contributed by atoms with Crippen molar-refractivity contribution in [2.45, 2.75) is 25.8 Å². The van der Waals surface area contributed by atoms with Gasteiger partial charge in [-0.1, -0.05) is 6.92 Å². The molecule has 92 valence electrons. The van der Waals surface area contributed by atoms with E-state index >= 15 is 0 Å². The molecule has 0 aromatic heterocycles. The first-order valence-electron chi connectivity index (χ1n) is 5.60. The minimum absolute atomic E-state index is 0.0505. The first kappa shape index (κ1) is 13.0. The number of hydrogen-bond acceptors (Lipinski definition) is 3. The molecule has 5 heteroatoms. The van der Waals surface area contributed by atoms with E-state index in [0.29, 0.717) is 19.5 Å². The second kappa shape index (κ2) is 5.30. The topological polar surface area (TPSA) is 60.9 Å². The monoisotopic (exact) mass is 228 g/mol. The number of carboxylic acids is 1. The lowest BCUT2D eigenvalue weighted by Crippen LogP contribution is -2.43. The van der Waals surface area contributed by atoms with Crippen LogP contribution in [0.2, 0.25) is 0 Å². The standard InChI is InChI=1S/C11H20N2O3/c1-8-4-7-13(10(8)11(15)16)9(14)5-6-12(2)3/h8,10H,4-7H2,1-3H3,(H,15,16). The smallest absolute Gasteiger partial charge is 0.326 e. The van der Waals surface area contributed by atoms with Gasteiger partial charge in [-0.15, -0.1) is 0 Å². The van der Waals surface area contributed by atoms with Crippen LogP contribution in [-0.4, -0.2) is 60.0 Å². The van der Waals surface area contributed by atoms with E-state index in [0.717, 1.165) is 6.42 Å². The van der Waals surface area contributed by atoms with E-state index in [2.05, 4.69) is 0 Å². The lowest BCUT2D eigenvalue weighted by molar-refractivity contribution is -0.149. The van der Waals surface area contributed by atoms with Gasteiger partial charge in [0.1, 0.15) is 6.04 Å². The third-order valence-electron chi connectivity index (χ3n) is 3.05. The summed E-state index contributed by atoms with van der Waals surface area (Å²) in [5.41, 5.74) is 0. The predicted octanol–water partition coefficient (Wildman–Crippen LogP) is 0.260. The highest BCUT2D eigenvalue weighted by Crippen LogP contribution is 2.24. The molecule has 0 saturated carbocycles. The van der Waals surface area contributed by atoms with Crippen LogP contribution in [0.15, 0.2) is 0 Å². The Morgan fingerprint density at radius 1 is 1.44 bits per heavy atom. The number of carbonyl (C=O) groups excluding carboxylic acids is 1. The number of hydrogen-bond donors (Lipinski definition) is 1. The van der Waals surface area contributed by atoms with Gasteiger partial charge >= 0.3 is 5.97 Å². The lowest BCUT2D eigenvalue weighted by Gasteiger charge is -2.24. The van der Waals surface area contributed by atoms with Crippen molar-refractivity contribution in [1.82, 2.24) is 9.80 Å². The fraction of sp³-hybridized carbons (Fsp3) is 0.818. The zero-order chi connectivity index (χ0) is 12.3. The van der Waals surface area contributed by atoms with E-state index in [-0.39, 0.29) is 11.8 Å². The highest BCUT2D eigenvalue weighted by Gasteiger charge is 2.38. The average molecular weight is 228 g/mol. The summed E-state index contributed by atoms with van der Waals surface area (Å²) < 4.78 is 0. The minimum Gasteiger partial charge on any atom is -0.480 e. The van der Waals surface area contributed by atoms with E-state index in [1.165, 1.54) is 4.90 Å². The molecule has 1 N–H and O–H groups in total. The third kappa shape index (κ3) is 2.95. The van der Waals surface area contributed by atoms with Gasteiger partial charge in [0, 0.05) is 19.5 Å². The molecule has 2 unspecified atom stereocenters. The van der Waals surface area contributed by atoms with Crippen molar-refractivity contribution in [1.29, 1.82) is 0 Å². The Hall–Kier alpha value is -1.10. The molecule has 1 aliphatic rings. The molecule has 16 heavy (non-hydrogen) atoms. The fourth-order valence-electron chi connectivity index (χ4n) is 2.07. The molecular weight excluding hydrogens is 208 g/mol. The molecular formula is C11H20N2O3. The molecule has 1 aliphatic heterocycles. The summed E-state index contributed by atoms with van der Waals surface area (Å²) in [6.07, 6.45) is 1.17. The highest BCUT2D eigenvalue weighted by molar-refractivity contribution is 5.84. The summed E-state index contributed by atoms with van der Waals surface area (Å²) in [5.74, 6) is -0.880. The van der Waals surface area contributed by atoms with Crippen LogP contribution in [0.4, 0.5) is 0 Å². The van der Waals surface area contributed by atoms with Crippen molar-refractivity contribution in [2.24, 2.45) is 5.92 Å². The SMILES string of the molecule is CC1CCN(C(=O)CCN(C)C)C1C(=O)O. The molecule has 0 aliphatic carbocycles. The number of rotatable bonds is 4. The molecule has 1 heterocycles. The van der Waals surface area contributed by atoms with Crippen molar-refractivity contribution in [2.75, 3.05) is 27.2 Å². The summed E-state index contributed by atoms with van der Waals surface area (Å²) in [6, 6.07) is -0.630. The Balaban J connectivity index is 2.58. The van der Waals surface area contributed by atoms with Gasteiger partial charge in [0.15, 0.2) is 0 Å². The van der Waals surface area contributed by atoms with Crippen LogP contribution < -0.4 is 0 Å². The Morgan fingerprint density at radius 2 is 2.06 bits per heavy atom. The van der Waals surface area contributed by atoms with E-state index in [1.807, 2.05) is 25.9 Å². The van der Waals surface area contributed by atoms with Crippen LogP contribution in [-0.2, 0) is 9.59 Å². The summed E-state index contributed by atoms with van der Waals surface area (Å²) in [6.45, 7) is 3.12. The number of amides is 1. The first-order valence-corrected chi connectivity index (χ1v) is 5.60. The second-order valence-electron chi connectivity index (χ2n) is 4.69. The zero-order valence-electron chi connectivity index (χ0n) is 10.1. The van der Waals surface area contributed by atoms with Gasteiger partial charge < -0.3 is 14.9 Å². The molecule has 0 aromatic carbocycles. The lowest BCUT2D eigenvalue weighted by atomic mass is 10.0. The van der Waals surface area contributed by atoms with Gasteiger partial charge in [-0.3, -0.25) is 4.79 Å². The summed E-state index contributed by atoms with van der Waals surface area (Å²) >= 11 is 0. The molecule has 0 bridgehead atoms. The van der Waals surface area contributed by atoms with Crippen molar-refractivity contribution >= 4 is 11.9 Å². The highest BCUT2D eigenvalue weighted by atomic mass is 16.4. The molecule has 5 nitrogen and oxygen atoms in total. The number of aliphatic carboxylic acids is 1. The van der Waals surface area contributed by atoms with Crippen LogP contribution in [0.3, 0.4) is 0 Å². The van der Waals surface area contributed by atoms with Crippen molar-refractivity contribution < 1.29 is 14.7 Å². The largest absolute Gasteiger partial charge is 0.480 e. The van der Waals surface area contributed by atoms with Crippen molar-refractivity contribution in [3.05, 3.63) is 0 Å². The number of nitrogens with zero attached hydrogens (tertiary/aromatic N) is 2. The molecule has 0 spiro atoms. The fourth-order valence-corrected chi connectivity index (χ4v) is 2.07. The van der Waals surface area contributed by atoms with Gasteiger partial charge in [-0.05, 0) is 26.4 Å². The Morgan fingerprint density at radius 3 is 2.56 bits per heavy atom. The molecule has 1 amide bonds. The van der Waals surface area contributed by atoms with Crippen molar-refractivity contribution in [3.63, 3.8) is 0 Å². The van der Waals surface area contributed by atoms with E-state index < -0.39 is 12.0 Å². The van der Waals surface area contributed by atoms with Crippen molar-refractivity contribution in [3.8, 4) is 0 Å². The Bertz CT molecular complexity index is 278. The number of likely N-dealkylation sites (tertiary alicyclic amines) is 1. The number of carbonyl (C=O) groups is 2. The summed E-state index contributed by atoms with van der Waals surface area (Å²) in [5, 5.41) is 9.08. The Labute approximate surface area is 96.0 Å². The normalized spacial score (nSPS) is 25.1. The predicted molar refractivity (Wildman–Crippen MR) is 60.1 cm³/mol. The van der Waals surface area contributed by atoms with Gasteiger partial charge in [-0.25, -0.2) is 4.79 Å². The van der Waals surface area contributed by atoms with Crippen LogP contribution in [0.25, 0.3) is 0 Å². The van der Waals surface area contributed by atoms with Gasteiger partial charge in [0.05, 0.1) is 0 Å². The minimum atomic E-state index is -0.886. The molecule has 0 aromatic rings. The van der Waals surface area contributed by atoms with E-state index in [1.54, 1.807) is 0 Å². The maximum Gasteiger partial charge on any atom is 0.326 e. The molecule has 0 radical (unpaired) electrons. The summed E-state index contributed by atoms with van der Waals surface area (Å²) in [4.78, 5) is 26.3. The summed E-state index contributed by atoms with van der Waals surface area (Å²) in [7, 11) is 3.79. The quantitative estimate of drug-likeness (QED) is 0.749. The zero-order valence-corrected chi connectivity index (χ0v) is 10.1. The third-order valence-corrected chi connectivity index (χ3v) is 3.05. The van der Waals surface area contributed by atoms with Gasteiger partial charge in [-0.2, -0.15) is 0 Å². The van der Waals surface area contributed by atoms with E-state index in [9.17, 15) is 9.59 Å². The van der Waals surface area contributed by atoms with E-state index in [4.69, 9.17) is 5.11 Å². The van der Waals surface area contributed by atoms with Crippen LogP contribution in [0, 0.1) is 5.92 Å². The second-order valence-corrected chi connectivity index (χ2v) is 4.69. The van der Waals surface area contributed by atoms with Gasteiger partial charge in [0.2, 0.25) is 5.91 Å². The molecule has 1 saturated heterocycles. The maximum atomic E-state index is 11.8. The first-order chi connectivity index (χ1) is 7.43. The average Bonchev–Trinajstić information content (AvgIpc) is 2.56. The molecule has 1 rings (SSSR count). The number of carboxylic acid groups (broad SMARTS) is 1.